The zero-order valence-electron chi connectivity index (χ0n) is 9.31. The van der Waals surface area contributed by atoms with Crippen LogP contribution in [0.3, 0.4) is 0 Å². The van der Waals surface area contributed by atoms with E-state index in [1.54, 1.807) is 7.11 Å². The van der Waals surface area contributed by atoms with Crippen LogP contribution in [0.5, 0.6) is 5.75 Å². The number of likely N-dealkylation sites (N-methyl/N-ethyl adjacent to an activating group) is 1. The molecule has 1 aliphatic rings. The second kappa shape index (κ2) is 4.21. The SMILES string of the molecule is COc1cccc([C@@H]2CN(C)C[C@@H]2N)c1. The molecule has 82 valence electrons. The van der Waals surface area contributed by atoms with Gasteiger partial charge in [-0.2, -0.15) is 0 Å². The van der Waals surface area contributed by atoms with Crippen LogP contribution in [-0.4, -0.2) is 38.2 Å². The van der Waals surface area contributed by atoms with Crippen molar-refractivity contribution in [3.05, 3.63) is 29.8 Å². The molecule has 0 saturated carbocycles. The van der Waals surface area contributed by atoms with Crippen molar-refractivity contribution in [2.45, 2.75) is 12.0 Å². The highest BCUT2D eigenvalue weighted by atomic mass is 16.5. The molecule has 0 radical (unpaired) electrons. The zero-order valence-corrected chi connectivity index (χ0v) is 9.31. The molecule has 2 rings (SSSR count). The van der Waals surface area contributed by atoms with Crippen LogP contribution in [0.4, 0.5) is 0 Å². The Morgan fingerprint density at radius 3 is 2.80 bits per heavy atom. The molecule has 0 spiro atoms. The van der Waals surface area contributed by atoms with Crippen LogP contribution >= 0.6 is 0 Å². The van der Waals surface area contributed by atoms with Gasteiger partial charge in [-0.15, -0.1) is 0 Å². The van der Waals surface area contributed by atoms with Crippen LogP contribution in [0.1, 0.15) is 11.5 Å². The van der Waals surface area contributed by atoms with E-state index in [-0.39, 0.29) is 6.04 Å². The summed E-state index contributed by atoms with van der Waals surface area (Å²) < 4.78 is 5.22. The fourth-order valence-electron chi connectivity index (χ4n) is 2.26. The number of ether oxygens (including phenoxy) is 1. The number of hydrogen-bond donors (Lipinski definition) is 1. The third-order valence-electron chi connectivity index (χ3n) is 3.07. The molecule has 1 saturated heterocycles. The predicted octanol–water partition coefficient (Wildman–Crippen LogP) is 1.05. The first-order valence-corrected chi connectivity index (χ1v) is 5.29. The Labute approximate surface area is 90.8 Å². The molecule has 1 aliphatic heterocycles. The van der Waals surface area contributed by atoms with Crippen LogP contribution in [0, 0.1) is 0 Å². The molecule has 0 unspecified atom stereocenters. The van der Waals surface area contributed by atoms with Gasteiger partial charge in [0.1, 0.15) is 5.75 Å². The van der Waals surface area contributed by atoms with E-state index in [9.17, 15) is 0 Å². The van der Waals surface area contributed by atoms with E-state index in [0.29, 0.717) is 5.92 Å². The molecule has 3 heteroatoms. The van der Waals surface area contributed by atoms with Gasteiger partial charge < -0.3 is 15.4 Å². The first-order valence-electron chi connectivity index (χ1n) is 5.29. The summed E-state index contributed by atoms with van der Waals surface area (Å²) in [5, 5.41) is 0. The van der Waals surface area contributed by atoms with Crippen LogP contribution in [0.25, 0.3) is 0 Å². The minimum atomic E-state index is 0.238. The Morgan fingerprint density at radius 1 is 1.40 bits per heavy atom. The maximum absolute atomic E-state index is 6.11. The van der Waals surface area contributed by atoms with Crippen molar-refractivity contribution in [2.24, 2.45) is 5.73 Å². The first-order chi connectivity index (χ1) is 7.20. The summed E-state index contributed by atoms with van der Waals surface area (Å²) in [6.07, 6.45) is 0. The molecule has 0 aliphatic carbocycles. The van der Waals surface area contributed by atoms with Gasteiger partial charge in [0.05, 0.1) is 7.11 Å². The van der Waals surface area contributed by atoms with Gasteiger partial charge in [0.25, 0.3) is 0 Å². The average molecular weight is 206 g/mol. The monoisotopic (exact) mass is 206 g/mol. The Hall–Kier alpha value is -1.06. The van der Waals surface area contributed by atoms with Crippen molar-refractivity contribution in [3.63, 3.8) is 0 Å². The fourth-order valence-corrected chi connectivity index (χ4v) is 2.26. The van der Waals surface area contributed by atoms with Gasteiger partial charge in [0.15, 0.2) is 0 Å². The minimum absolute atomic E-state index is 0.238. The largest absolute Gasteiger partial charge is 0.497 e. The molecule has 0 amide bonds. The highest BCUT2D eigenvalue weighted by molar-refractivity contribution is 5.32. The number of hydrogen-bond acceptors (Lipinski definition) is 3. The number of likely N-dealkylation sites (tertiary alicyclic amines) is 1. The van der Waals surface area contributed by atoms with Gasteiger partial charge in [-0.25, -0.2) is 0 Å². The molecule has 0 bridgehead atoms. The van der Waals surface area contributed by atoms with Gasteiger partial charge in [-0.3, -0.25) is 0 Å². The Balaban J connectivity index is 2.21. The lowest BCUT2D eigenvalue weighted by Crippen LogP contribution is -2.27. The molecule has 1 fully saturated rings. The maximum atomic E-state index is 6.11. The molecule has 1 aromatic carbocycles. The van der Waals surface area contributed by atoms with Crippen LogP contribution < -0.4 is 10.5 Å². The van der Waals surface area contributed by atoms with Gasteiger partial charge in [0, 0.05) is 25.0 Å². The summed E-state index contributed by atoms with van der Waals surface area (Å²) in [5.74, 6) is 1.35. The van der Waals surface area contributed by atoms with Crippen molar-refractivity contribution < 1.29 is 4.74 Å². The van der Waals surface area contributed by atoms with Gasteiger partial charge in [-0.1, -0.05) is 12.1 Å². The molecule has 1 heterocycles. The smallest absolute Gasteiger partial charge is 0.119 e. The van der Waals surface area contributed by atoms with E-state index >= 15 is 0 Å². The molecule has 0 aromatic heterocycles. The van der Waals surface area contributed by atoms with E-state index in [2.05, 4.69) is 24.1 Å². The number of nitrogens with zero attached hydrogens (tertiary/aromatic N) is 1. The quantitative estimate of drug-likeness (QED) is 0.786. The van der Waals surface area contributed by atoms with Crippen molar-refractivity contribution in [1.82, 2.24) is 4.90 Å². The van der Waals surface area contributed by atoms with Gasteiger partial charge >= 0.3 is 0 Å². The van der Waals surface area contributed by atoms with Gasteiger partial charge in [0.2, 0.25) is 0 Å². The molecule has 2 atom stereocenters. The molecule has 15 heavy (non-hydrogen) atoms. The number of nitrogens with two attached hydrogens (primary N) is 1. The van der Waals surface area contributed by atoms with E-state index in [4.69, 9.17) is 10.5 Å². The Bertz CT molecular complexity index is 340. The topological polar surface area (TPSA) is 38.5 Å². The first kappa shape index (κ1) is 10.5. The number of methoxy groups -OCH3 is 1. The van der Waals surface area contributed by atoms with Crippen LogP contribution in [0.15, 0.2) is 24.3 Å². The molecule has 2 N–H and O–H groups in total. The maximum Gasteiger partial charge on any atom is 0.119 e. The van der Waals surface area contributed by atoms with E-state index in [1.165, 1.54) is 5.56 Å². The van der Waals surface area contributed by atoms with E-state index < -0.39 is 0 Å². The summed E-state index contributed by atoms with van der Waals surface area (Å²) in [5.41, 5.74) is 7.39. The third kappa shape index (κ3) is 2.13. The molecular weight excluding hydrogens is 188 g/mol. The lowest BCUT2D eigenvalue weighted by molar-refractivity contribution is 0.406. The van der Waals surface area contributed by atoms with Crippen molar-refractivity contribution >= 4 is 0 Å². The van der Waals surface area contributed by atoms with Gasteiger partial charge in [-0.05, 0) is 24.7 Å². The summed E-state index contributed by atoms with van der Waals surface area (Å²) in [6, 6.07) is 8.45. The second-order valence-electron chi connectivity index (χ2n) is 4.27. The highest BCUT2D eigenvalue weighted by Crippen LogP contribution is 2.27. The normalized spacial score (nSPS) is 26.9. The van der Waals surface area contributed by atoms with Crippen LogP contribution in [0.2, 0.25) is 0 Å². The standard InChI is InChI=1S/C12H18N2O/c1-14-7-11(12(13)8-14)9-4-3-5-10(6-9)15-2/h3-6,11-12H,7-8,13H2,1-2H3/t11-,12-/m0/s1. The molecule has 1 aromatic rings. The average Bonchev–Trinajstić information content (AvgIpc) is 2.58. The number of benzene rings is 1. The summed E-state index contributed by atoms with van der Waals surface area (Å²) in [4.78, 5) is 2.27. The van der Waals surface area contributed by atoms with Crippen LogP contribution in [-0.2, 0) is 0 Å². The van der Waals surface area contributed by atoms with Crippen molar-refractivity contribution in [1.29, 1.82) is 0 Å². The predicted molar refractivity (Wildman–Crippen MR) is 61.2 cm³/mol. The second-order valence-corrected chi connectivity index (χ2v) is 4.27. The fraction of sp³-hybridized carbons (Fsp3) is 0.500. The molecule has 3 nitrogen and oxygen atoms in total. The minimum Gasteiger partial charge on any atom is -0.497 e. The summed E-state index contributed by atoms with van der Waals surface area (Å²) >= 11 is 0. The molecular formula is C12H18N2O. The van der Waals surface area contributed by atoms with Crippen molar-refractivity contribution in [3.8, 4) is 5.75 Å². The third-order valence-corrected chi connectivity index (χ3v) is 3.07. The lowest BCUT2D eigenvalue weighted by Gasteiger charge is -2.15. The zero-order chi connectivity index (χ0) is 10.8. The summed E-state index contributed by atoms with van der Waals surface area (Å²) in [6.45, 7) is 2.01. The Kier molecular flexibility index (Phi) is 2.93. The van der Waals surface area contributed by atoms with E-state index in [1.807, 2.05) is 12.1 Å². The summed E-state index contributed by atoms with van der Waals surface area (Å²) in [7, 11) is 3.81. The highest BCUT2D eigenvalue weighted by Gasteiger charge is 2.29. The Morgan fingerprint density at radius 2 is 2.20 bits per heavy atom. The van der Waals surface area contributed by atoms with E-state index in [0.717, 1.165) is 18.8 Å². The number of rotatable bonds is 2. The lowest BCUT2D eigenvalue weighted by atomic mass is 9.95. The van der Waals surface area contributed by atoms with Crippen molar-refractivity contribution in [2.75, 3.05) is 27.2 Å².